The first-order valence-electron chi connectivity index (χ1n) is 16.0. The van der Waals surface area contributed by atoms with Crippen LogP contribution >= 0.6 is 0 Å². The van der Waals surface area contributed by atoms with Crippen LogP contribution in [0.1, 0.15) is 67.2 Å². The normalized spacial score (nSPS) is 22.7. The average molecular weight is 678 g/mol. The van der Waals surface area contributed by atoms with Crippen LogP contribution in [0.2, 0.25) is 0 Å². The Morgan fingerprint density at radius 3 is 1.87 bits per heavy atom. The van der Waals surface area contributed by atoms with Crippen LogP contribution < -0.4 is 5.32 Å². The highest BCUT2D eigenvalue weighted by Gasteiger charge is 2.33. The van der Waals surface area contributed by atoms with E-state index in [9.17, 15) is 32.7 Å². The summed E-state index contributed by atoms with van der Waals surface area (Å²) in [6.45, 7) is 18.4. The minimum atomic E-state index is -4.65. The highest BCUT2D eigenvalue weighted by molar-refractivity contribution is 7.85. The number of nitrogens with zero attached hydrogens (tertiary/aromatic N) is 4. The van der Waals surface area contributed by atoms with Crippen LogP contribution in [0.15, 0.2) is 0 Å². The van der Waals surface area contributed by atoms with Gasteiger partial charge in [0.2, 0.25) is 5.91 Å². The number of carboxylic acids is 1. The van der Waals surface area contributed by atoms with E-state index < -0.39 is 57.0 Å². The zero-order valence-corrected chi connectivity index (χ0v) is 29.1. The summed E-state index contributed by atoms with van der Waals surface area (Å²) in [5, 5.41) is 11.5. The zero-order chi connectivity index (χ0) is 34.7. The van der Waals surface area contributed by atoms with E-state index in [4.69, 9.17) is 14.0 Å². The summed E-state index contributed by atoms with van der Waals surface area (Å²) in [7, 11) is -4.65. The van der Waals surface area contributed by atoms with Gasteiger partial charge in [-0.15, -0.1) is 0 Å². The predicted octanol–water partition coefficient (Wildman–Crippen LogP) is 0.291. The maximum Gasteiger partial charge on any atom is 0.327 e. The lowest BCUT2D eigenvalue weighted by Crippen LogP contribution is -2.51. The highest BCUT2D eigenvalue weighted by atomic mass is 32.2. The minimum absolute atomic E-state index is 0.0301. The van der Waals surface area contributed by atoms with Crippen LogP contribution in [-0.2, 0) is 38.8 Å². The fourth-order valence-electron chi connectivity index (χ4n) is 5.51. The second-order valence-corrected chi connectivity index (χ2v) is 15.6. The van der Waals surface area contributed by atoms with Gasteiger partial charge >= 0.3 is 17.9 Å². The number of rotatable bonds is 11. The number of carboxylic acid groups (broad SMARTS) is 1. The van der Waals surface area contributed by atoms with Crippen molar-refractivity contribution in [1.82, 2.24) is 24.9 Å². The lowest BCUT2D eigenvalue weighted by atomic mass is 10.1. The van der Waals surface area contributed by atoms with Crippen LogP contribution in [-0.4, -0.2) is 163 Å². The number of nitrogens with one attached hydrogen (secondary N) is 1. The lowest BCUT2D eigenvalue weighted by Gasteiger charge is -2.38. The molecular weight excluding hydrogens is 622 g/mol. The van der Waals surface area contributed by atoms with Crippen molar-refractivity contribution in [3.05, 3.63) is 0 Å². The van der Waals surface area contributed by atoms with E-state index in [1.807, 2.05) is 25.7 Å². The first kappa shape index (κ1) is 39.8. The largest absolute Gasteiger partial charge is 0.480 e. The molecule has 0 aromatic rings. The Morgan fingerprint density at radius 1 is 0.783 bits per heavy atom. The Morgan fingerprint density at radius 2 is 1.33 bits per heavy atom. The molecule has 2 heterocycles. The number of carbonyl (C=O) groups excluding carboxylic acids is 3. The molecule has 0 radical (unpaired) electrons. The molecular formula is C30H55N5O10S. The fourth-order valence-corrected chi connectivity index (χ4v) is 6.16. The molecule has 2 aliphatic heterocycles. The summed E-state index contributed by atoms with van der Waals surface area (Å²) in [4.78, 5) is 59.0. The first-order valence-corrected chi connectivity index (χ1v) is 17.6. The molecule has 16 heteroatoms. The van der Waals surface area contributed by atoms with Crippen LogP contribution in [0, 0.1) is 0 Å². The highest BCUT2D eigenvalue weighted by Crippen LogP contribution is 2.18. The molecule has 2 aliphatic rings. The third-order valence-corrected chi connectivity index (χ3v) is 8.34. The van der Waals surface area contributed by atoms with Crippen molar-refractivity contribution in [3.63, 3.8) is 0 Å². The Balaban J connectivity index is 2.15. The van der Waals surface area contributed by atoms with E-state index in [2.05, 4.69) is 20.0 Å². The van der Waals surface area contributed by atoms with E-state index >= 15 is 0 Å². The summed E-state index contributed by atoms with van der Waals surface area (Å²) < 4.78 is 42.8. The van der Waals surface area contributed by atoms with E-state index in [-0.39, 0.29) is 25.4 Å². The summed E-state index contributed by atoms with van der Waals surface area (Å²) in [5.41, 5.74) is -1.31. The number of fused-ring (bicyclic) bond motifs is 3. The Hall–Kier alpha value is -2.37. The Bertz CT molecular complexity index is 1140. The van der Waals surface area contributed by atoms with Crippen LogP contribution in [0.4, 0.5) is 0 Å². The summed E-state index contributed by atoms with van der Waals surface area (Å²) in [5.74, 6) is -4.25. The van der Waals surface area contributed by atoms with Gasteiger partial charge in [-0.05, 0) is 73.9 Å². The van der Waals surface area contributed by atoms with Gasteiger partial charge in [0, 0.05) is 58.8 Å². The number of carbonyl (C=O) groups is 4. The molecule has 2 saturated heterocycles. The molecule has 46 heavy (non-hydrogen) atoms. The molecule has 0 aromatic carbocycles. The van der Waals surface area contributed by atoms with E-state index in [1.165, 1.54) is 0 Å². The molecule has 2 bridgehead atoms. The molecule has 3 unspecified atom stereocenters. The van der Waals surface area contributed by atoms with E-state index in [0.717, 1.165) is 58.7 Å². The minimum Gasteiger partial charge on any atom is -0.480 e. The molecule has 0 spiro atoms. The van der Waals surface area contributed by atoms with Gasteiger partial charge in [0.25, 0.3) is 10.1 Å². The second kappa shape index (κ2) is 17.7. The van der Waals surface area contributed by atoms with Crippen molar-refractivity contribution in [2.24, 2.45) is 0 Å². The molecule has 1 amide bonds. The number of amides is 1. The Kier molecular flexibility index (Phi) is 15.3. The molecule has 2 rings (SSSR count). The first-order chi connectivity index (χ1) is 21.2. The van der Waals surface area contributed by atoms with Gasteiger partial charge in [-0.25, -0.2) is 4.79 Å². The van der Waals surface area contributed by atoms with Crippen molar-refractivity contribution in [3.8, 4) is 0 Å². The molecule has 0 aromatic heterocycles. The van der Waals surface area contributed by atoms with Crippen molar-refractivity contribution < 1.29 is 46.7 Å². The van der Waals surface area contributed by atoms with Gasteiger partial charge in [0.15, 0.2) is 0 Å². The van der Waals surface area contributed by atoms with E-state index in [1.54, 1.807) is 20.8 Å². The number of hydrogen-bond acceptors (Lipinski definition) is 12. The molecule has 3 N–H and O–H groups in total. The second-order valence-electron chi connectivity index (χ2n) is 14.1. The van der Waals surface area contributed by atoms with Gasteiger partial charge in [-0.2, -0.15) is 8.42 Å². The number of aliphatic carboxylic acids is 1. The number of hydrogen-bond donors (Lipinski definition) is 3. The van der Waals surface area contributed by atoms with Gasteiger partial charge in [-0.3, -0.25) is 28.7 Å². The molecule has 4 atom stereocenters. The number of esters is 2. The van der Waals surface area contributed by atoms with Crippen LogP contribution in [0.3, 0.4) is 0 Å². The standard InChI is InChI=1S/C30H55N5O10S/c1-29(2,3)44-26(37)21-34-13-7-11-33-16-15-32(17-18-34)12-8-14-35(20-19-33)24(28(40)45-30(4,5)6)9-10-25(36)31-23(27(38)39)22-46(41,42)43/h23-24H,7-22H2,1-6H3,(H,31,36)(H,38,39)(H,41,42,43)/t23?,24-/m1/s1. The summed E-state index contributed by atoms with van der Waals surface area (Å²) in [6.07, 6.45) is 1.38. The molecule has 2 fully saturated rings. The van der Waals surface area contributed by atoms with Gasteiger partial charge in [0.05, 0.1) is 6.54 Å². The topological polar surface area (TPSA) is 186 Å². The molecule has 266 valence electrons. The third-order valence-electron chi connectivity index (χ3n) is 7.58. The molecule has 15 nitrogen and oxygen atoms in total. The van der Waals surface area contributed by atoms with E-state index in [0.29, 0.717) is 19.6 Å². The SMILES string of the molecule is CC(C)(C)OC(=O)CN1CCCN2CCN(CCCN([C@H](CCC(=O)NC(CS(=O)(=O)O)C(=O)O)C(=O)OC(C)(C)C)CC2)CC1. The summed E-state index contributed by atoms with van der Waals surface area (Å²) in [6, 6.07) is -2.61. The Labute approximate surface area is 273 Å². The zero-order valence-electron chi connectivity index (χ0n) is 28.3. The summed E-state index contributed by atoms with van der Waals surface area (Å²) >= 11 is 0. The van der Waals surface area contributed by atoms with Gasteiger partial charge < -0.3 is 29.7 Å². The number of ether oxygens (including phenoxy) is 2. The van der Waals surface area contributed by atoms with Crippen LogP contribution in [0.5, 0.6) is 0 Å². The molecule has 0 saturated carbocycles. The average Bonchev–Trinajstić information content (AvgIpc) is 2.88. The van der Waals surface area contributed by atoms with Crippen LogP contribution in [0.25, 0.3) is 0 Å². The lowest BCUT2D eigenvalue weighted by molar-refractivity contribution is -0.162. The third kappa shape index (κ3) is 16.5. The monoisotopic (exact) mass is 677 g/mol. The van der Waals surface area contributed by atoms with Crippen molar-refractivity contribution in [2.45, 2.75) is 90.5 Å². The quantitative estimate of drug-likeness (QED) is 0.200. The maximum absolute atomic E-state index is 13.5. The predicted molar refractivity (Wildman–Crippen MR) is 171 cm³/mol. The maximum atomic E-state index is 13.5. The van der Waals surface area contributed by atoms with Crippen molar-refractivity contribution >= 4 is 33.9 Å². The van der Waals surface area contributed by atoms with Gasteiger partial charge in [-0.1, -0.05) is 0 Å². The van der Waals surface area contributed by atoms with Crippen molar-refractivity contribution in [2.75, 3.05) is 77.7 Å². The molecule has 0 aliphatic carbocycles. The fraction of sp³-hybridized carbons (Fsp3) is 0.867. The van der Waals surface area contributed by atoms with Gasteiger partial charge in [0.1, 0.15) is 29.0 Å². The smallest absolute Gasteiger partial charge is 0.327 e. The van der Waals surface area contributed by atoms with Crippen molar-refractivity contribution in [1.29, 1.82) is 0 Å².